The summed E-state index contributed by atoms with van der Waals surface area (Å²) in [6, 6.07) is 10.3. The Labute approximate surface area is 233 Å². The van der Waals surface area contributed by atoms with Gasteiger partial charge in [0.05, 0.1) is 40.8 Å². The van der Waals surface area contributed by atoms with Crippen LogP contribution in [0.4, 0.5) is 5.69 Å². The fraction of sp³-hybridized carbons (Fsp3) is 0.259. The van der Waals surface area contributed by atoms with Crippen molar-refractivity contribution in [2.24, 2.45) is 0 Å². The van der Waals surface area contributed by atoms with Gasteiger partial charge in [-0.05, 0) is 56.2 Å². The van der Waals surface area contributed by atoms with E-state index in [1.807, 2.05) is 6.07 Å². The number of ether oxygens (including phenoxy) is 2. The van der Waals surface area contributed by atoms with Crippen LogP contribution in [0.5, 0.6) is 5.88 Å². The van der Waals surface area contributed by atoms with Crippen LogP contribution in [0.2, 0.25) is 15.2 Å². The van der Waals surface area contributed by atoms with Crippen molar-refractivity contribution in [2.45, 2.75) is 25.8 Å². The highest BCUT2D eigenvalue weighted by Gasteiger charge is 2.29. The number of esters is 1. The Bertz CT molecular complexity index is 1560. The predicted octanol–water partition coefficient (Wildman–Crippen LogP) is 5.97. The van der Waals surface area contributed by atoms with Crippen molar-refractivity contribution in [2.75, 3.05) is 24.7 Å². The summed E-state index contributed by atoms with van der Waals surface area (Å²) < 4.78 is 12.8. The molecule has 11 heteroatoms. The van der Waals surface area contributed by atoms with Crippen molar-refractivity contribution in [3.63, 3.8) is 0 Å². The molecule has 1 aliphatic heterocycles. The summed E-state index contributed by atoms with van der Waals surface area (Å²) in [5.41, 5.74) is 1.36. The second-order valence-electron chi connectivity index (χ2n) is 8.71. The molecule has 1 aliphatic rings. The molecule has 1 saturated heterocycles. The molecule has 4 heterocycles. The van der Waals surface area contributed by atoms with Crippen LogP contribution >= 0.6 is 34.8 Å². The molecule has 0 N–H and O–H groups in total. The van der Waals surface area contributed by atoms with Crippen molar-refractivity contribution in [1.82, 2.24) is 14.5 Å². The lowest BCUT2D eigenvalue weighted by atomic mass is 10.1. The van der Waals surface area contributed by atoms with Gasteiger partial charge in [0.25, 0.3) is 0 Å². The monoisotopic (exact) mass is 572 g/mol. The van der Waals surface area contributed by atoms with Crippen LogP contribution in [0.25, 0.3) is 16.6 Å². The van der Waals surface area contributed by atoms with Gasteiger partial charge in [-0.3, -0.25) is 4.79 Å². The van der Waals surface area contributed by atoms with Gasteiger partial charge in [0.2, 0.25) is 11.3 Å². The standard InChI is InChI=1S/C27H23Cl3N4O4/c1-2-37-27(36)19-14-34(16-7-8-24(30)32-13-16)22-12-23(21(29)11-18(22)25(19)35)33-10-4-5-17(33)15-38-26-20(28)6-3-9-31-26/h3,6-9,11-14,17H,2,4-5,10,15H2,1H3. The Morgan fingerprint density at radius 3 is 2.71 bits per heavy atom. The second-order valence-corrected chi connectivity index (χ2v) is 9.91. The first kappa shape index (κ1) is 26.3. The number of rotatable bonds is 7. The fourth-order valence-corrected chi connectivity index (χ4v) is 5.17. The Kier molecular flexibility index (Phi) is 7.74. The van der Waals surface area contributed by atoms with Gasteiger partial charge in [-0.25, -0.2) is 14.8 Å². The molecule has 3 aromatic heterocycles. The number of pyridine rings is 3. The molecule has 0 amide bonds. The minimum atomic E-state index is -0.708. The number of carbonyl (C=O) groups is 1. The van der Waals surface area contributed by atoms with Crippen LogP contribution in [-0.2, 0) is 4.74 Å². The molecule has 196 valence electrons. The fourth-order valence-electron chi connectivity index (χ4n) is 4.61. The number of hydrogen-bond donors (Lipinski definition) is 0. The van der Waals surface area contributed by atoms with Crippen LogP contribution in [-0.4, -0.2) is 46.3 Å². The third-order valence-electron chi connectivity index (χ3n) is 6.38. The van der Waals surface area contributed by atoms with Crippen LogP contribution in [0.15, 0.2) is 59.8 Å². The highest BCUT2D eigenvalue weighted by molar-refractivity contribution is 6.34. The van der Waals surface area contributed by atoms with E-state index in [0.29, 0.717) is 38.9 Å². The van der Waals surface area contributed by atoms with Crippen molar-refractivity contribution >= 4 is 57.4 Å². The molecule has 0 saturated carbocycles. The lowest BCUT2D eigenvalue weighted by molar-refractivity contribution is 0.0524. The van der Waals surface area contributed by atoms with E-state index in [0.717, 1.165) is 25.1 Å². The summed E-state index contributed by atoms with van der Waals surface area (Å²) >= 11 is 19.0. The summed E-state index contributed by atoms with van der Waals surface area (Å²) in [7, 11) is 0. The molecule has 1 atom stereocenters. The van der Waals surface area contributed by atoms with E-state index in [1.165, 1.54) is 6.20 Å². The summed E-state index contributed by atoms with van der Waals surface area (Å²) in [4.78, 5) is 36.5. The summed E-state index contributed by atoms with van der Waals surface area (Å²) in [6.45, 7) is 2.94. The zero-order chi connectivity index (χ0) is 26.8. The number of nitrogens with zero attached hydrogens (tertiary/aromatic N) is 4. The van der Waals surface area contributed by atoms with Gasteiger partial charge >= 0.3 is 5.97 Å². The predicted molar refractivity (Wildman–Crippen MR) is 148 cm³/mol. The maximum absolute atomic E-state index is 13.4. The van der Waals surface area contributed by atoms with Gasteiger partial charge in [-0.2, -0.15) is 0 Å². The molecule has 0 radical (unpaired) electrons. The number of anilines is 1. The van der Waals surface area contributed by atoms with E-state index in [2.05, 4.69) is 14.9 Å². The number of fused-ring (bicyclic) bond motifs is 1. The molecule has 8 nitrogen and oxygen atoms in total. The Morgan fingerprint density at radius 2 is 1.97 bits per heavy atom. The van der Waals surface area contributed by atoms with Gasteiger partial charge in [0.15, 0.2) is 0 Å². The molecule has 4 aromatic rings. The molecule has 0 spiro atoms. The second kappa shape index (κ2) is 11.2. The maximum Gasteiger partial charge on any atom is 0.343 e. The quantitative estimate of drug-likeness (QED) is 0.199. The molecule has 0 aliphatic carbocycles. The largest absolute Gasteiger partial charge is 0.474 e. The smallest absolute Gasteiger partial charge is 0.343 e. The highest BCUT2D eigenvalue weighted by Crippen LogP contribution is 2.36. The minimum Gasteiger partial charge on any atom is -0.474 e. The number of aromatic nitrogens is 3. The van der Waals surface area contributed by atoms with Gasteiger partial charge in [-0.15, -0.1) is 0 Å². The average Bonchev–Trinajstić information content (AvgIpc) is 3.37. The average molecular weight is 574 g/mol. The molecule has 1 fully saturated rings. The summed E-state index contributed by atoms with van der Waals surface area (Å²) in [5.74, 6) is -0.332. The van der Waals surface area contributed by atoms with Crippen molar-refractivity contribution in [3.8, 4) is 11.6 Å². The lowest BCUT2D eigenvalue weighted by Crippen LogP contribution is -2.34. The van der Waals surface area contributed by atoms with Gasteiger partial charge < -0.3 is 18.9 Å². The van der Waals surface area contributed by atoms with Crippen molar-refractivity contribution in [1.29, 1.82) is 0 Å². The minimum absolute atomic E-state index is 0.0131. The first-order valence-corrected chi connectivity index (χ1v) is 13.2. The van der Waals surface area contributed by atoms with Gasteiger partial charge in [0.1, 0.15) is 22.3 Å². The van der Waals surface area contributed by atoms with Crippen LogP contribution in [0, 0.1) is 0 Å². The van der Waals surface area contributed by atoms with Crippen LogP contribution in [0.1, 0.15) is 30.1 Å². The van der Waals surface area contributed by atoms with E-state index in [4.69, 9.17) is 44.3 Å². The van der Waals surface area contributed by atoms with E-state index in [-0.39, 0.29) is 23.6 Å². The van der Waals surface area contributed by atoms with Gasteiger partial charge in [-0.1, -0.05) is 34.8 Å². The van der Waals surface area contributed by atoms with E-state index in [1.54, 1.807) is 54.2 Å². The zero-order valence-corrected chi connectivity index (χ0v) is 22.6. The van der Waals surface area contributed by atoms with E-state index in [9.17, 15) is 9.59 Å². The number of benzene rings is 1. The van der Waals surface area contributed by atoms with Crippen LogP contribution in [0.3, 0.4) is 0 Å². The van der Waals surface area contributed by atoms with Crippen molar-refractivity contribution < 1.29 is 14.3 Å². The highest BCUT2D eigenvalue weighted by atomic mass is 35.5. The molecule has 0 bridgehead atoms. The third-order valence-corrected chi connectivity index (χ3v) is 7.20. The van der Waals surface area contributed by atoms with Crippen molar-refractivity contribution in [3.05, 3.63) is 86.0 Å². The summed E-state index contributed by atoms with van der Waals surface area (Å²) in [6.07, 6.45) is 6.49. The molecular weight excluding hydrogens is 551 g/mol. The molecular formula is C27H23Cl3N4O4. The zero-order valence-electron chi connectivity index (χ0n) is 20.4. The lowest BCUT2D eigenvalue weighted by Gasteiger charge is -2.28. The molecule has 1 aromatic carbocycles. The number of halogens is 3. The summed E-state index contributed by atoms with van der Waals surface area (Å²) in [5, 5.41) is 1.44. The maximum atomic E-state index is 13.4. The Hall–Kier alpha value is -3.33. The third kappa shape index (κ3) is 5.16. The first-order chi connectivity index (χ1) is 18.4. The molecule has 1 unspecified atom stereocenters. The normalized spacial score (nSPS) is 15.2. The number of hydrogen-bond acceptors (Lipinski definition) is 7. The first-order valence-electron chi connectivity index (χ1n) is 12.0. The SMILES string of the molecule is CCOC(=O)c1cn(-c2ccc(Cl)nc2)c2cc(N3CCCC3COc3ncccc3Cl)c(Cl)cc2c1=O. The molecule has 5 rings (SSSR count). The van der Waals surface area contributed by atoms with Gasteiger partial charge in [0, 0.05) is 24.3 Å². The number of carbonyl (C=O) groups excluding carboxylic acids is 1. The Morgan fingerprint density at radius 1 is 1.13 bits per heavy atom. The topological polar surface area (TPSA) is 86.6 Å². The van der Waals surface area contributed by atoms with E-state index >= 15 is 0 Å². The van der Waals surface area contributed by atoms with Crippen LogP contribution < -0.4 is 15.1 Å². The van der Waals surface area contributed by atoms with E-state index < -0.39 is 11.4 Å². The molecule has 38 heavy (non-hydrogen) atoms. The Balaban J connectivity index is 1.59.